The molecular weight excluding hydrogens is 297 g/mol. The van der Waals surface area contributed by atoms with E-state index in [0.29, 0.717) is 6.54 Å². The molecule has 2 saturated heterocycles. The molecule has 4 nitrogen and oxygen atoms in total. The molecule has 2 rings (SSSR count). The van der Waals surface area contributed by atoms with Gasteiger partial charge in [-0.1, -0.05) is 0 Å². The molecule has 0 spiro atoms. The number of amides is 2. The average Bonchev–Trinajstić information content (AvgIpc) is 2.79. The maximum Gasteiger partial charge on any atom is 0.391 e. The van der Waals surface area contributed by atoms with Crippen molar-refractivity contribution < 1.29 is 22.8 Å². The number of hydrogen-bond acceptors (Lipinski definition) is 2. The molecule has 7 heteroatoms. The molecule has 2 fully saturated rings. The normalized spacial score (nSPS) is 25.0. The van der Waals surface area contributed by atoms with Gasteiger partial charge in [0.15, 0.2) is 0 Å². The van der Waals surface area contributed by atoms with Crippen molar-refractivity contribution in [1.82, 2.24) is 9.80 Å². The number of piperidine rings is 1. The summed E-state index contributed by atoms with van der Waals surface area (Å²) in [5.41, 5.74) is -0.338. The Morgan fingerprint density at radius 2 is 1.68 bits per heavy atom. The maximum atomic E-state index is 12.6. The molecule has 2 aliphatic rings. The highest BCUT2D eigenvalue weighted by Gasteiger charge is 2.44. The first-order valence-corrected chi connectivity index (χ1v) is 7.66. The number of hydrogen-bond donors (Lipinski definition) is 0. The Kier molecular flexibility index (Phi) is 4.46. The van der Waals surface area contributed by atoms with E-state index in [1.807, 2.05) is 20.8 Å². The van der Waals surface area contributed by atoms with Crippen LogP contribution in [0.15, 0.2) is 0 Å². The summed E-state index contributed by atoms with van der Waals surface area (Å²) in [5.74, 6) is -1.97. The summed E-state index contributed by atoms with van der Waals surface area (Å²) in [5, 5.41) is 0. The highest BCUT2D eigenvalue weighted by Crippen LogP contribution is 2.35. The molecule has 0 aromatic carbocycles. The fourth-order valence-electron chi connectivity index (χ4n) is 3.21. The Balaban J connectivity index is 1.93. The molecule has 0 aromatic rings. The van der Waals surface area contributed by atoms with Crippen LogP contribution in [0.3, 0.4) is 0 Å². The van der Waals surface area contributed by atoms with E-state index in [0.717, 1.165) is 0 Å². The molecule has 22 heavy (non-hydrogen) atoms. The summed E-state index contributed by atoms with van der Waals surface area (Å²) in [4.78, 5) is 27.6. The number of rotatable bonds is 1. The lowest BCUT2D eigenvalue weighted by Gasteiger charge is -2.35. The van der Waals surface area contributed by atoms with Crippen LogP contribution in [0.2, 0.25) is 0 Å². The number of carbonyl (C=O) groups is 2. The summed E-state index contributed by atoms with van der Waals surface area (Å²) in [6.07, 6.45) is -4.10. The van der Waals surface area contributed by atoms with Gasteiger partial charge in [-0.3, -0.25) is 9.59 Å². The zero-order valence-electron chi connectivity index (χ0n) is 13.2. The summed E-state index contributed by atoms with van der Waals surface area (Å²) in [7, 11) is 0. The van der Waals surface area contributed by atoms with Crippen molar-refractivity contribution >= 4 is 11.8 Å². The first kappa shape index (κ1) is 17.1. The van der Waals surface area contributed by atoms with Crippen LogP contribution in [-0.4, -0.2) is 53.0 Å². The van der Waals surface area contributed by atoms with Crippen molar-refractivity contribution in [3.63, 3.8) is 0 Å². The van der Waals surface area contributed by atoms with Crippen molar-refractivity contribution in [3.05, 3.63) is 0 Å². The van der Waals surface area contributed by atoms with E-state index in [1.54, 1.807) is 4.90 Å². The third-order valence-corrected chi connectivity index (χ3v) is 4.55. The number of alkyl halides is 3. The van der Waals surface area contributed by atoms with Crippen LogP contribution >= 0.6 is 0 Å². The summed E-state index contributed by atoms with van der Waals surface area (Å²) < 4.78 is 37.9. The van der Waals surface area contributed by atoms with Crippen LogP contribution in [0.5, 0.6) is 0 Å². The lowest BCUT2D eigenvalue weighted by molar-refractivity contribution is -0.186. The minimum atomic E-state index is -4.18. The summed E-state index contributed by atoms with van der Waals surface area (Å²) >= 11 is 0. The van der Waals surface area contributed by atoms with Crippen molar-refractivity contribution in [2.75, 3.05) is 19.6 Å². The number of halogens is 3. The van der Waals surface area contributed by atoms with Crippen molar-refractivity contribution in [2.45, 2.75) is 51.7 Å². The fourth-order valence-corrected chi connectivity index (χ4v) is 3.21. The lowest BCUT2D eigenvalue weighted by atomic mass is 9.95. The van der Waals surface area contributed by atoms with Gasteiger partial charge < -0.3 is 9.80 Å². The van der Waals surface area contributed by atoms with E-state index in [-0.39, 0.29) is 49.7 Å². The van der Waals surface area contributed by atoms with Gasteiger partial charge in [-0.05, 0) is 33.6 Å². The third kappa shape index (κ3) is 3.55. The minimum Gasteiger partial charge on any atom is -0.342 e. The van der Waals surface area contributed by atoms with E-state index >= 15 is 0 Å². The van der Waals surface area contributed by atoms with Gasteiger partial charge in [-0.15, -0.1) is 0 Å². The van der Waals surface area contributed by atoms with Crippen LogP contribution in [0, 0.1) is 11.8 Å². The van der Waals surface area contributed by atoms with Crippen LogP contribution in [0.25, 0.3) is 0 Å². The van der Waals surface area contributed by atoms with Gasteiger partial charge in [-0.25, -0.2) is 0 Å². The van der Waals surface area contributed by atoms with E-state index < -0.39 is 18.0 Å². The maximum absolute atomic E-state index is 12.6. The Hall–Kier alpha value is -1.27. The molecular formula is C15H23F3N2O2. The predicted octanol–water partition coefficient (Wildman–Crippen LogP) is 2.43. The second kappa shape index (κ2) is 5.74. The summed E-state index contributed by atoms with van der Waals surface area (Å²) in [6.45, 7) is 6.35. The second-order valence-electron chi connectivity index (χ2n) is 7.22. The van der Waals surface area contributed by atoms with E-state index in [9.17, 15) is 22.8 Å². The molecule has 0 N–H and O–H groups in total. The smallest absolute Gasteiger partial charge is 0.342 e. The van der Waals surface area contributed by atoms with E-state index in [2.05, 4.69) is 0 Å². The van der Waals surface area contributed by atoms with E-state index in [4.69, 9.17) is 0 Å². The van der Waals surface area contributed by atoms with Gasteiger partial charge in [0.1, 0.15) is 0 Å². The lowest BCUT2D eigenvalue weighted by Crippen LogP contribution is -2.46. The predicted molar refractivity (Wildman–Crippen MR) is 74.9 cm³/mol. The zero-order chi connectivity index (χ0) is 16.7. The van der Waals surface area contributed by atoms with Crippen molar-refractivity contribution in [1.29, 1.82) is 0 Å². The Bertz CT molecular complexity index is 449. The number of nitrogens with zero attached hydrogens (tertiary/aromatic N) is 2. The molecule has 2 heterocycles. The topological polar surface area (TPSA) is 40.6 Å². The zero-order valence-corrected chi connectivity index (χ0v) is 13.2. The second-order valence-corrected chi connectivity index (χ2v) is 7.22. The molecule has 1 unspecified atom stereocenters. The molecule has 2 aliphatic heterocycles. The van der Waals surface area contributed by atoms with E-state index in [1.165, 1.54) is 4.90 Å². The van der Waals surface area contributed by atoms with Crippen LogP contribution in [0.1, 0.15) is 40.0 Å². The molecule has 0 aliphatic carbocycles. The van der Waals surface area contributed by atoms with Gasteiger partial charge in [0.2, 0.25) is 11.8 Å². The minimum absolute atomic E-state index is 0.0428. The Morgan fingerprint density at radius 3 is 2.09 bits per heavy atom. The highest BCUT2D eigenvalue weighted by atomic mass is 19.4. The third-order valence-electron chi connectivity index (χ3n) is 4.55. The fraction of sp³-hybridized carbons (Fsp3) is 0.867. The Labute approximate surface area is 128 Å². The largest absolute Gasteiger partial charge is 0.391 e. The van der Waals surface area contributed by atoms with Crippen LogP contribution in [-0.2, 0) is 9.59 Å². The molecule has 0 bridgehead atoms. The molecule has 0 aromatic heterocycles. The summed E-state index contributed by atoms with van der Waals surface area (Å²) in [6, 6.07) is 0. The van der Waals surface area contributed by atoms with Crippen molar-refractivity contribution in [2.24, 2.45) is 11.8 Å². The quantitative estimate of drug-likeness (QED) is 0.744. The molecule has 0 radical (unpaired) electrons. The van der Waals surface area contributed by atoms with Gasteiger partial charge in [0.25, 0.3) is 0 Å². The molecule has 126 valence electrons. The SMILES string of the molecule is CC(C)(C)N1CC(C(=O)N2CCC(C(F)(F)F)CC2)CC1=O. The molecule has 2 amide bonds. The number of likely N-dealkylation sites (tertiary alicyclic amines) is 2. The standard InChI is InChI=1S/C15H23F3N2O2/c1-14(2,3)20-9-10(8-12(20)21)13(22)19-6-4-11(5-7-19)15(16,17)18/h10-11H,4-9H2,1-3H3. The average molecular weight is 320 g/mol. The van der Waals surface area contributed by atoms with Crippen LogP contribution < -0.4 is 0 Å². The first-order chi connectivity index (χ1) is 10.00. The first-order valence-electron chi connectivity index (χ1n) is 7.66. The van der Waals surface area contributed by atoms with Crippen LogP contribution in [0.4, 0.5) is 13.2 Å². The molecule has 1 atom stereocenters. The van der Waals surface area contributed by atoms with Gasteiger partial charge in [-0.2, -0.15) is 13.2 Å². The molecule has 0 saturated carbocycles. The van der Waals surface area contributed by atoms with Gasteiger partial charge in [0, 0.05) is 31.6 Å². The Morgan fingerprint density at radius 1 is 1.14 bits per heavy atom. The number of carbonyl (C=O) groups excluding carboxylic acids is 2. The monoisotopic (exact) mass is 320 g/mol. The van der Waals surface area contributed by atoms with Crippen molar-refractivity contribution in [3.8, 4) is 0 Å². The highest BCUT2D eigenvalue weighted by molar-refractivity contribution is 5.89. The van der Waals surface area contributed by atoms with Gasteiger partial charge >= 0.3 is 6.18 Å². The van der Waals surface area contributed by atoms with Gasteiger partial charge in [0.05, 0.1) is 11.8 Å².